The molecule has 8 rings (SSSR count). The Morgan fingerprint density at radius 3 is 1.25 bits per heavy atom. The summed E-state index contributed by atoms with van der Waals surface area (Å²) in [5.41, 5.74) is 13.2. The predicted octanol–water partition coefficient (Wildman–Crippen LogP) is 11.8. The third-order valence-electron chi connectivity index (χ3n) is 11.3. The van der Waals surface area contributed by atoms with Crippen molar-refractivity contribution in [2.24, 2.45) is 5.73 Å². The molecule has 8 N–H and O–H groups in total. The van der Waals surface area contributed by atoms with Crippen LogP contribution in [0, 0.1) is 11.6 Å². The highest BCUT2D eigenvalue weighted by Crippen LogP contribution is 2.26. The van der Waals surface area contributed by atoms with Gasteiger partial charge in [-0.2, -0.15) is 0 Å². The van der Waals surface area contributed by atoms with Crippen molar-refractivity contribution in [1.29, 1.82) is 0 Å². The maximum Gasteiger partial charge on any atom is 0.335 e. The Kier molecular flexibility index (Phi) is 22.6. The number of aliphatic hydroxyl groups is 2. The van der Waals surface area contributed by atoms with Crippen LogP contribution in [0.25, 0.3) is 0 Å². The average Bonchev–Trinajstić information content (AvgIpc) is 3.42. The number of anilines is 2. The van der Waals surface area contributed by atoms with Gasteiger partial charge in [-0.15, -0.1) is 23.5 Å². The molecule has 1 amide bonds. The Bertz CT molecular complexity index is 2820. The van der Waals surface area contributed by atoms with Crippen LogP contribution in [0.15, 0.2) is 228 Å². The largest absolute Gasteiger partial charge is 0.478 e. The van der Waals surface area contributed by atoms with Gasteiger partial charge >= 0.3 is 5.97 Å². The van der Waals surface area contributed by atoms with Gasteiger partial charge in [0.25, 0.3) is 5.91 Å². The van der Waals surface area contributed by atoms with E-state index in [1.807, 2.05) is 121 Å². The van der Waals surface area contributed by atoms with Crippen molar-refractivity contribution in [3.8, 4) is 0 Å². The Morgan fingerprint density at radius 1 is 0.466 bits per heavy atom. The van der Waals surface area contributed by atoms with Crippen LogP contribution >= 0.6 is 23.5 Å². The van der Waals surface area contributed by atoms with Gasteiger partial charge in [0.2, 0.25) is 0 Å². The van der Waals surface area contributed by atoms with E-state index >= 15 is 0 Å². The third-order valence-corrected chi connectivity index (χ3v) is 13.5. The fourth-order valence-corrected chi connectivity index (χ4v) is 8.89. The first-order chi connectivity index (χ1) is 35.5. The number of carboxylic acid groups (broad SMARTS) is 1. The summed E-state index contributed by atoms with van der Waals surface area (Å²) in [6.45, 7) is 0.697. The van der Waals surface area contributed by atoms with Gasteiger partial charge in [-0.05, 0) is 132 Å². The number of nitrogens with two attached hydrogens (primary N) is 1. The molecule has 0 saturated carbocycles. The summed E-state index contributed by atoms with van der Waals surface area (Å²) in [7, 11) is 0. The van der Waals surface area contributed by atoms with Crippen LogP contribution in [0.2, 0.25) is 0 Å². The summed E-state index contributed by atoms with van der Waals surface area (Å²) < 4.78 is 25.4. The summed E-state index contributed by atoms with van der Waals surface area (Å²) in [4.78, 5) is 25.4. The number of hydrogen-bond donors (Lipinski definition) is 7. The fourth-order valence-electron chi connectivity index (χ4n) is 7.18. The Balaban J connectivity index is 0.000000205. The summed E-state index contributed by atoms with van der Waals surface area (Å²) in [5.74, 6) is -0.358. The lowest BCUT2D eigenvalue weighted by atomic mass is 10.0. The molecular weight excluding hydrogens is 959 g/mol. The molecule has 4 atom stereocenters. The van der Waals surface area contributed by atoms with E-state index < -0.39 is 35.9 Å². The molecule has 0 heterocycles. The SMILES string of the molecule is N[C@@H](Cc1ccccc1)[C@H](O)CNc1ccc(SCc2ccccc2)cc1.O=C(N[C@@H](Cc1ccccc1)[C@H](O)CNc1ccc(SCc2ccccc2)cc1)c1ccc(F)cc1.O=C(O)c1ccc(F)cc1. The molecule has 0 saturated heterocycles. The molecule has 0 aromatic heterocycles. The number of carbonyl (C=O) groups is 2. The molecule has 8 aromatic rings. The summed E-state index contributed by atoms with van der Waals surface area (Å²) >= 11 is 3.59. The van der Waals surface area contributed by atoms with E-state index in [4.69, 9.17) is 10.8 Å². The lowest BCUT2D eigenvalue weighted by molar-refractivity contribution is 0.0696. The van der Waals surface area contributed by atoms with Gasteiger partial charge in [-0.3, -0.25) is 4.79 Å². The summed E-state index contributed by atoms with van der Waals surface area (Å²) in [6, 6.07) is 66.1. The topological polar surface area (TPSA) is 157 Å². The molecule has 0 radical (unpaired) electrons. The zero-order valence-electron chi connectivity index (χ0n) is 40.1. The predicted molar refractivity (Wildman–Crippen MR) is 293 cm³/mol. The number of carbonyl (C=O) groups excluding carboxylic acids is 1. The maximum absolute atomic E-state index is 13.3. The number of halogens is 2. The Hall–Kier alpha value is -7.26. The van der Waals surface area contributed by atoms with Gasteiger partial charge in [0.05, 0.1) is 23.8 Å². The Morgan fingerprint density at radius 2 is 0.836 bits per heavy atom. The van der Waals surface area contributed by atoms with E-state index in [-0.39, 0.29) is 24.1 Å². The van der Waals surface area contributed by atoms with Crippen molar-refractivity contribution < 1.29 is 33.7 Å². The molecule has 8 aromatic carbocycles. The average molecular weight is 1020 g/mol. The first kappa shape index (κ1) is 55.1. The van der Waals surface area contributed by atoms with Crippen molar-refractivity contribution in [1.82, 2.24) is 5.32 Å². The van der Waals surface area contributed by atoms with E-state index in [0.717, 1.165) is 46.1 Å². The molecule has 376 valence electrons. The number of benzene rings is 8. The molecule has 13 heteroatoms. The molecule has 73 heavy (non-hydrogen) atoms. The molecule has 0 aliphatic heterocycles. The number of aromatic carboxylic acids is 1. The van der Waals surface area contributed by atoms with Crippen LogP contribution in [0.1, 0.15) is 43.0 Å². The van der Waals surface area contributed by atoms with Crippen LogP contribution in [-0.4, -0.2) is 64.6 Å². The van der Waals surface area contributed by atoms with Gasteiger partial charge in [0, 0.05) is 57.4 Å². The minimum absolute atomic E-state index is 0.0985. The molecule has 0 spiro atoms. The number of nitrogens with one attached hydrogen (secondary N) is 3. The zero-order chi connectivity index (χ0) is 51.6. The minimum atomic E-state index is -1.04. The molecule has 0 fully saturated rings. The fraction of sp³-hybridized carbons (Fsp3) is 0.167. The van der Waals surface area contributed by atoms with Gasteiger partial charge < -0.3 is 37.0 Å². The maximum atomic E-state index is 13.3. The smallest absolute Gasteiger partial charge is 0.335 e. The quantitative estimate of drug-likeness (QED) is 0.0346. The number of aliphatic hydroxyl groups excluding tert-OH is 2. The van der Waals surface area contributed by atoms with E-state index in [2.05, 4.69) is 76.6 Å². The molecule has 0 bridgehead atoms. The van der Waals surface area contributed by atoms with Crippen LogP contribution < -0.4 is 21.7 Å². The number of carboxylic acids is 1. The third kappa shape index (κ3) is 20.0. The molecular formula is C60H60F2N4O5S2. The van der Waals surface area contributed by atoms with Crippen molar-refractivity contribution in [2.45, 2.75) is 58.4 Å². The highest BCUT2D eigenvalue weighted by atomic mass is 32.2. The highest BCUT2D eigenvalue weighted by Gasteiger charge is 2.23. The van der Waals surface area contributed by atoms with Gasteiger partial charge in [-0.25, -0.2) is 13.6 Å². The van der Waals surface area contributed by atoms with Crippen LogP contribution in [0.4, 0.5) is 20.2 Å². The highest BCUT2D eigenvalue weighted by molar-refractivity contribution is 7.98. The van der Waals surface area contributed by atoms with Crippen molar-refractivity contribution >= 4 is 46.8 Å². The second-order valence-electron chi connectivity index (χ2n) is 16.9. The lowest BCUT2D eigenvalue weighted by Gasteiger charge is -2.25. The van der Waals surface area contributed by atoms with Gasteiger partial charge in [0.15, 0.2) is 0 Å². The second kappa shape index (κ2) is 29.9. The molecule has 0 aliphatic carbocycles. The van der Waals surface area contributed by atoms with E-state index in [0.29, 0.717) is 24.9 Å². The number of rotatable bonds is 21. The zero-order valence-corrected chi connectivity index (χ0v) is 41.8. The van der Waals surface area contributed by atoms with Gasteiger partial charge in [0.1, 0.15) is 11.6 Å². The first-order valence-electron chi connectivity index (χ1n) is 23.7. The second-order valence-corrected chi connectivity index (χ2v) is 19.0. The van der Waals surface area contributed by atoms with Crippen LogP contribution in [-0.2, 0) is 24.3 Å². The Labute approximate surface area is 434 Å². The summed E-state index contributed by atoms with van der Waals surface area (Å²) in [5, 5.41) is 39.1. The molecule has 0 aliphatic rings. The van der Waals surface area contributed by atoms with Crippen molar-refractivity contribution in [3.05, 3.63) is 263 Å². The van der Waals surface area contributed by atoms with E-state index in [1.54, 1.807) is 11.8 Å². The molecule has 9 nitrogen and oxygen atoms in total. The first-order valence-corrected chi connectivity index (χ1v) is 25.7. The van der Waals surface area contributed by atoms with E-state index in [1.165, 1.54) is 57.3 Å². The van der Waals surface area contributed by atoms with E-state index in [9.17, 15) is 28.6 Å². The monoisotopic (exact) mass is 1020 g/mol. The number of hydrogen-bond acceptors (Lipinski definition) is 9. The normalized spacial score (nSPS) is 12.3. The lowest BCUT2D eigenvalue weighted by Crippen LogP contribution is -2.47. The summed E-state index contributed by atoms with van der Waals surface area (Å²) in [6.07, 6.45) is -0.316. The van der Waals surface area contributed by atoms with Gasteiger partial charge in [-0.1, -0.05) is 121 Å². The minimum Gasteiger partial charge on any atom is -0.478 e. The van der Waals surface area contributed by atoms with Crippen LogP contribution in [0.3, 0.4) is 0 Å². The number of thioether (sulfide) groups is 2. The standard InChI is InChI=1S/C30H29FN2O2S.C23H26N2OS.C7H5FO2/c31-25-13-11-24(12-14-25)30(35)33-28(19-22-7-3-1-4-8-22)29(34)20-32-26-15-17-27(18-16-26)36-21-23-9-5-2-6-10-23;24-22(15-18-7-3-1-4-8-18)23(26)16-25-20-11-13-21(14-12-20)27-17-19-9-5-2-6-10-19;8-6-3-1-5(2-4-6)7(9)10/h1-18,28-29,32,34H,19-21H2,(H,33,35);1-14,22-23,25-26H,15-17,24H2;1-4H,(H,9,10)/t28-,29+;22-,23+;/m00./s1. The number of amides is 1. The van der Waals surface area contributed by atoms with Crippen molar-refractivity contribution in [3.63, 3.8) is 0 Å². The molecule has 0 unspecified atom stereocenters. The van der Waals surface area contributed by atoms with Crippen molar-refractivity contribution in [2.75, 3.05) is 23.7 Å². The van der Waals surface area contributed by atoms with Crippen LogP contribution in [0.5, 0.6) is 0 Å².